The monoisotopic (exact) mass is 253 g/mol. The molecule has 1 aliphatic rings. The lowest BCUT2D eigenvalue weighted by molar-refractivity contribution is 0.174. The summed E-state index contributed by atoms with van der Waals surface area (Å²) >= 11 is 0. The van der Waals surface area contributed by atoms with Crippen LogP contribution in [-0.4, -0.2) is 26.7 Å². The van der Waals surface area contributed by atoms with E-state index in [0.29, 0.717) is 17.9 Å². The highest BCUT2D eigenvalue weighted by atomic mass is 32.2. The summed E-state index contributed by atoms with van der Waals surface area (Å²) in [6, 6.07) is 6.98. The molecule has 0 aromatic heterocycles. The summed E-state index contributed by atoms with van der Waals surface area (Å²) in [7, 11) is -3.28. The summed E-state index contributed by atoms with van der Waals surface area (Å²) in [5.41, 5.74) is 0.857. The summed E-state index contributed by atoms with van der Waals surface area (Å²) < 4.78 is 33.1. The lowest BCUT2D eigenvalue weighted by Gasteiger charge is -2.02. The molecule has 1 aromatic carbocycles. The van der Waals surface area contributed by atoms with Gasteiger partial charge < -0.3 is 9.47 Å². The smallest absolute Gasteiger partial charge is 0.231 e. The number of hydrogen-bond donors (Lipinski definition) is 0. The fraction of sp³-hybridized carbons (Fsp3) is 0.364. The van der Waals surface area contributed by atoms with Gasteiger partial charge in [0.1, 0.15) is 5.75 Å². The summed E-state index contributed by atoms with van der Waals surface area (Å²) in [5.74, 6) is 0.853. The Labute approximate surface area is 99.5 Å². The van der Waals surface area contributed by atoms with Gasteiger partial charge >= 0.3 is 0 Å². The first-order chi connectivity index (χ1) is 8.11. The third kappa shape index (κ3) is 2.88. The van der Waals surface area contributed by atoms with Crippen LogP contribution in [0, 0.1) is 11.3 Å². The van der Waals surface area contributed by atoms with Crippen LogP contribution >= 0.6 is 0 Å². The van der Waals surface area contributed by atoms with Gasteiger partial charge in [-0.15, -0.1) is 0 Å². The quantitative estimate of drug-likeness (QED) is 0.796. The van der Waals surface area contributed by atoms with Crippen molar-refractivity contribution in [3.63, 3.8) is 0 Å². The van der Waals surface area contributed by atoms with Crippen molar-refractivity contribution in [2.75, 3.05) is 18.3 Å². The number of fused-ring (bicyclic) bond motifs is 1. The van der Waals surface area contributed by atoms with E-state index in [1.54, 1.807) is 24.3 Å². The van der Waals surface area contributed by atoms with Crippen molar-refractivity contribution < 1.29 is 17.9 Å². The highest BCUT2D eigenvalue weighted by molar-refractivity contribution is 7.91. The maximum atomic E-state index is 11.4. The molecule has 0 bridgehead atoms. The van der Waals surface area contributed by atoms with Crippen LogP contribution in [0.5, 0.6) is 11.5 Å². The summed E-state index contributed by atoms with van der Waals surface area (Å²) in [6.07, 6.45) is 0.376. The molecule has 90 valence electrons. The van der Waals surface area contributed by atoms with Crippen molar-refractivity contribution in [3.8, 4) is 17.6 Å². The van der Waals surface area contributed by atoms with Crippen molar-refractivity contribution in [1.82, 2.24) is 0 Å². The van der Waals surface area contributed by atoms with Crippen molar-refractivity contribution in [2.24, 2.45) is 0 Å². The van der Waals surface area contributed by atoms with Gasteiger partial charge in [-0.1, -0.05) is 6.07 Å². The molecule has 0 saturated carbocycles. The molecule has 0 amide bonds. The molecule has 1 heterocycles. The summed E-state index contributed by atoms with van der Waals surface area (Å²) in [5, 5.41) is 8.36. The molecule has 2 rings (SSSR count). The SMILES string of the molecule is N#CCS(=O)(=O)CCc1ccc2c(c1)OCO2. The van der Waals surface area contributed by atoms with E-state index in [1.165, 1.54) is 0 Å². The fourth-order valence-electron chi connectivity index (χ4n) is 1.54. The molecule has 0 spiro atoms. The molecule has 0 saturated heterocycles. The van der Waals surface area contributed by atoms with Gasteiger partial charge in [-0.25, -0.2) is 8.42 Å². The minimum absolute atomic E-state index is 0.0276. The molecule has 0 unspecified atom stereocenters. The molecule has 0 atom stereocenters. The average Bonchev–Trinajstić information content (AvgIpc) is 2.73. The number of nitriles is 1. The van der Waals surface area contributed by atoms with Gasteiger partial charge in [-0.3, -0.25) is 0 Å². The minimum atomic E-state index is -3.28. The Morgan fingerprint density at radius 2 is 2.06 bits per heavy atom. The first-order valence-corrected chi connectivity index (χ1v) is 6.89. The Kier molecular flexibility index (Phi) is 3.20. The van der Waals surface area contributed by atoms with E-state index in [-0.39, 0.29) is 12.5 Å². The third-order valence-corrected chi connectivity index (χ3v) is 3.82. The van der Waals surface area contributed by atoms with Crippen LogP contribution in [0.25, 0.3) is 0 Å². The average molecular weight is 253 g/mol. The molecule has 0 aliphatic carbocycles. The van der Waals surface area contributed by atoms with Crippen LogP contribution in [0.2, 0.25) is 0 Å². The lowest BCUT2D eigenvalue weighted by Crippen LogP contribution is -2.11. The molecule has 0 fully saturated rings. The van der Waals surface area contributed by atoms with Gasteiger partial charge in [-0.2, -0.15) is 5.26 Å². The largest absolute Gasteiger partial charge is 0.454 e. The molecule has 17 heavy (non-hydrogen) atoms. The fourth-order valence-corrected chi connectivity index (χ4v) is 2.43. The zero-order valence-electron chi connectivity index (χ0n) is 9.05. The van der Waals surface area contributed by atoms with Gasteiger partial charge in [0.15, 0.2) is 21.3 Å². The second-order valence-corrected chi connectivity index (χ2v) is 5.87. The maximum absolute atomic E-state index is 11.4. The van der Waals surface area contributed by atoms with E-state index >= 15 is 0 Å². The zero-order valence-corrected chi connectivity index (χ0v) is 9.87. The number of sulfone groups is 1. The highest BCUT2D eigenvalue weighted by Crippen LogP contribution is 2.32. The Morgan fingerprint density at radius 3 is 2.82 bits per heavy atom. The van der Waals surface area contributed by atoms with Crippen LogP contribution in [0.1, 0.15) is 5.56 Å². The first kappa shape index (κ1) is 11.7. The second kappa shape index (κ2) is 4.63. The van der Waals surface area contributed by atoms with Crippen molar-refractivity contribution in [3.05, 3.63) is 23.8 Å². The van der Waals surface area contributed by atoms with Crippen LogP contribution in [0.15, 0.2) is 18.2 Å². The molecule has 5 nitrogen and oxygen atoms in total. The molecule has 0 radical (unpaired) electrons. The summed E-state index contributed by atoms with van der Waals surface area (Å²) in [4.78, 5) is 0. The third-order valence-electron chi connectivity index (χ3n) is 2.42. The van der Waals surface area contributed by atoms with Crippen LogP contribution in [0.4, 0.5) is 0 Å². The van der Waals surface area contributed by atoms with Gasteiger partial charge in [-0.05, 0) is 24.1 Å². The number of aryl methyl sites for hydroxylation is 1. The zero-order chi connectivity index (χ0) is 12.3. The predicted octanol–water partition coefficient (Wildman–Crippen LogP) is 0.896. The Balaban J connectivity index is 2.03. The van der Waals surface area contributed by atoms with Crippen LogP contribution in [0.3, 0.4) is 0 Å². The number of nitrogens with zero attached hydrogens (tertiary/aromatic N) is 1. The van der Waals surface area contributed by atoms with Gasteiger partial charge in [0, 0.05) is 0 Å². The first-order valence-electron chi connectivity index (χ1n) is 5.07. The van der Waals surface area contributed by atoms with Crippen molar-refractivity contribution in [1.29, 1.82) is 5.26 Å². The van der Waals surface area contributed by atoms with E-state index < -0.39 is 15.6 Å². The molecule has 6 heteroatoms. The second-order valence-electron chi connectivity index (χ2n) is 3.69. The molecule has 1 aliphatic heterocycles. The number of ether oxygens (including phenoxy) is 2. The maximum Gasteiger partial charge on any atom is 0.231 e. The van der Waals surface area contributed by atoms with E-state index in [4.69, 9.17) is 14.7 Å². The lowest BCUT2D eigenvalue weighted by atomic mass is 10.1. The van der Waals surface area contributed by atoms with E-state index in [1.807, 2.05) is 0 Å². The number of hydrogen-bond acceptors (Lipinski definition) is 5. The molecular formula is C11H11NO4S. The normalized spacial score (nSPS) is 13.4. The van der Waals surface area contributed by atoms with E-state index in [2.05, 4.69) is 0 Å². The Bertz CT molecular complexity index is 559. The number of rotatable bonds is 4. The standard InChI is InChI=1S/C11H11NO4S/c12-4-6-17(13,14)5-3-9-1-2-10-11(7-9)16-8-15-10/h1-2,7H,3,5-6,8H2. The van der Waals surface area contributed by atoms with Crippen LogP contribution in [-0.2, 0) is 16.3 Å². The topological polar surface area (TPSA) is 76.4 Å². The van der Waals surface area contributed by atoms with E-state index in [9.17, 15) is 8.42 Å². The molecule has 1 aromatic rings. The van der Waals surface area contributed by atoms with Gasteiger partial charge in [0.25, 0.3) is 0 Å². The van der Waals surface area contributed by atoms with Crippen LogP contribution < -0.4 is 9.47 Å². The highest BCUT2D eigenvalue weighted by Gasteiger charge is 2.15. The van der Waals surface area contributed by atoms with Gasteiger partial charge in [0.05, 0.1) is 11.8 Å². The Hall–Kier alpha value is -1.74. The molecular weight excluding hydrogens is 242 g/mol. The van der Waals surface area contributed by atoms with E-state index in [0.717, 1.165) is 5.56 Å². The minimum Gasteiger partial charge on any atom is -0.454 e. The summed E-state index contributed by atoms with van der Waals surface area (Å²) in [6.45, 7) is 0.200. The number of benzene rings is 1. The predicted molar refractivity (Wildman–Crippen MR) is 60.5 cm³/mol. The molecule has 0 N–H and O–H groups in total. The van der Waals surface area contributed by atoms with Crippen molar-refractivity contribution >= 4 is 9.84 Å². The van der Waals surface area contributed by atoms with Gasteiger partial charge in [0.2, 0.25) is 6.79 Å². The van der Waals surface area contributed by atoms with Crippen molar-refractivity contribution in [2.45, 2.75) is 6.42 Å². The Morgan fingerprint density at radius 1 is 1.29 bits per heavy atom.